The van der Waals surface area contributed by atoms with E-state index < -0.39 is 5.60 Å². The molecule has 0 unspecified atom stereocenters. The highest BCUT2D eigenvalue weighted by atomic mass is 16.5. The SMILES string of the molecule is COc1ccc(-c2cc(C(C)(C)O)c(=O)n(C)n2)cc1OC. The molecule has 0 aliphatic rings. The zero-order valence-corrected chi connectivity index (χ0v) is 13.4. The molecule has 22 heavy (non-hydrogen) atoms. The van der Waals surface area contributed by atoms with Crippen LogP contribution in [0, 0.1) is 0 Å². The minimum atomic E-state index is -1.25. The molecule has 0 spiro atoms. The van der Waals surface area contributed by atoms with Gasteiger partial charge in [0.1, 0.15) is 0 Å². The van der Waals surface area contributed by atoms with E-state index in [9.17, 15) is 9.90 Å². The second-order valence-corrected chi connectivity index (χ2v) is 5.50. The van der Waals surface area contributed by atoms with Crippen LogP contribution in [0.2, 0.25) is 0 Å². The number of ether oxygens (including phenoxy) is 2. The van der Waals surface area contributed by atoms with E-state index in [1.54, 1.807) is 53.3 Å². The first-order valence-electron chi connectivity index (χ1n) is 6.81. The van der Waals surface area contributed by atoms with Crippen LogP contribution >= 0.6 is 0 Å². The summed E-state index contributed by atoms with van der Waals surface area (Å²) >= 11 is 0. The molecule has 6 heteroatoms. The Labute approximate surface area is 128 Å². The van der Waals surface area contributed by atoms with Crippen LogP contribution < -0.4 is 15.0 Å². The van der Waals surface area contributed by atoms with Crippen molar-refractivity contribution >= 4 is 0 Å². The maximum absolute atomic E-state index is 12.1. The number of aryl methyl sites for hydroxylation is 1. The summed E-state index contributed by atoms with van der Waals surface area (Å²) in [5, 5.41) is 14.4. The summed E-state index contributed by atoms with van der Waals surface area (Å²) in [6.07, 6.45) is 0. The lowest BCUT2D eigenvalue weighted by molar-refractivity contribution is 0.0763. The summed E-state index contributed by atoms with van der Waals surface area (Å²) in [7, 11) is 4.67. The Balaban J connectivity index is 2.63. The second kappa shape index (κ2) is 5.81. The molecule has 1 N–H and O–H groups in total. The molecule has 0 bridgehead atoms. The Bertz CT molecular complexity index is 745. The summed E-state index contributed by atoms with van der Waals surface area (Å²) in [6, 6.07) is 6.97. The van der Waals surface area contributed by atoms with Crippen molar-refractivity contribution in [3.8, 4) is 22.8 Å². The predicted molar refractivity (Wildman–Crippen MR) is 83.3 cm³/mol. The number of aliphatic hydroxyl groups is 1. The van der Waals surface area contributed by atoms with E-state index in [0.717, 1.165) is 5.56 Å². The van der Waals surface area contributed by atoms with Crippen molar-refractivity contribution in [2.24, 2.45) is 7.05 Å². The van der Waals surface area contributed by atoms with E-state index in [4.69, 9.17) is 9.47 Å². The third kappa shape index (κ3) is 2.96. The molecule has 0 atom stereocenters. The van der Waals surface area contributed by atoms with Crippen molar-refractivity contribution in [3.05, 3.63) is 40.2 Å². The molecular weight excluding hydrogens is 284 g/mol. The van der Waals surface area contributed by atoms with Crippen molar-refractivity contribution in [1.82, 2.24) is 9.78 Å². The molecule has 118 valence electrons. The van der Waals surface area contributed by atoms with E-state index in [0.29, 0.717) is 17.2 Å². The number of hydrogen-bond acceptors (Lipinski definition) is 5. The van der Waals surface area contributed by atoms with Gasteiger partial charge in [-0.2, -0.15) is 5.10 Å². The van der Waals surface area contributed by atoms with Crippen molar-refractivity contribution < 1.29 is 14.6 Å². The van der Waals surface area contributed by atoms with Gasteiger partial charge in [-0.15, -0.1) is 0 Å². The van der Waals surface area contributed by atoms with E-state index in [-0.39, 0.29) is 11.1 Å². The summed E-state index contributed by atoms with van der Waals surface area (Å²) in [4.78, 5) is 12.1. The van der Waals surface area contributed by atoms with Crippen molar-refractivity contribution in [1.29, 1.82) is 0 Å². The van der Waals surface area contributed by atoms with Gasteiger partial charge < -0.3 is 14.6 Å². The first-order valence-corrected chi connectivity index (χ1v) is 6.81. The van der Waals surface area contributed by atoms with Crippen LogP contribution in [-0.4, -0.2) is 29.1 Å². The third-order valence-corrected chi connectivity index (χ3v) is 3.40. The Hall–Kier alpha value is -2.34. The van der Waals surface area contributed by atoms with Gasteiger partial charge in [-0.1, -0.05) is 0 Å². The monoisotopic (exact) mass is 304 g/mol. The van der Waals surface area contributed by atoms with Crippen molar-refractivity contribution in [3.63, 3.8) is 0 Å². The van der Waals surface area contributed by atoms with Gasteiger partial charge in [0.05, 0.1) is 31.1 Å². The third-order valence-electron chi connectivity index (χ3n) is 3.40. The van der Waals surface area contributed by atoms with Crippen LogP contribution in [0.4, 0.5) is 0 Å². The summed E-state index contributed by atoms with van der Waals surface area (Å²) in [5.74, 6) is 1.18. The number of benzene rings is 1. The quantitative estimate of drug-likeness (QED) is 0.930. The van der Waals surface area contributed by atoms with Gasteiger partial charge in [-0.3, -0.25) is 4.79 Å². The topological polar surface area (TPSA) is 73.6 Å². The number of aromatic nitrogens is 2. The van der Waals surface area contributed by atoms with Gasteiger partial charge in [0.2, 0.25) is 0 Å². The van der Waals surface area contributed by atoms with Gasteiger partial charge in [-0.05, 0) is 38.1 Å². The molecule has 0 aliphatic carbocycles. The molecule has 1 heterocycles. The van der Waals surface area contributed by atoms with E-state index in [1.807, 2.05) is 6.07 Å². The maximum Gasteiger partial charge on any atom is 0.272 e. The van der Waals surface area contributed by atoms with Gasteiger partial charge in [-0.25, -0.2) is 4.68 Å². The molecule has 2 rings (SSSR count). The van der Waals surface area contributed by atoms with Crippen LogP contribution in [0.5, 0.6) is 11.5 Å². The van der Waals surface area contributed by atoms with Crippen molar-refractivity contribution in [2.75, 3.05) is 14.2 Å². The Morgan fingerprint density at radius 2 is 1.77 bits per heavy atom. The number of methoxy groups -OCH3 is 2. The molecule has 0 amide bonds. The molecule has 1 aromatic carbocycles. The van der Waals surface area contributed by atoms with Gasteiger partial charge in [0.25, 0.3) is 5.56 Å². The molecule has 0 saturated carbocycles. The lowest BCUT2D eigenvalue weighted by Gasteiger charge is -2.18. The Morgan fingerprint density at radius 3 is 2.32 bits per heavy atom. The zero-order valence-electron chi connectivity index (χ0n) is 13.4. The fourth-order valence-corrected chi connectivity index (χ4v) is 2.18. The fourth-order valence-electron chi connectivity index (χ4n) is 2.18. The molecule has 2 aromatic rings. The minimum Gasteiger partial charge on any atom is -0.493 e. The zero-order chi connectivity index (χ0) is 16.5. The maximum atomic E-state index is 12.1. The lowest BCUT2D eigenvalue weighted by atomic mass is 9.98. The van der Waals surface area contributed by atoms with Gasteiger partial charge in [0.15, 0.2) is 11.5 Å². The first kappa shape index (κ1) is 16.0. The van der Waals surface area contributed by atoms with Crippen LogP contribution in [0.1, 0.15) is 19.4 Å². The average molecular weight is 304 g/mol. The number of nitrogens with zero attached hydrogens (tertiary/aromatic N) is 2. The Morgan fingerprint density at radius 1 is 1.14 bits per heavy atom. The summed E-state index contributed by atoms with van der Waals surface area (Å²) < 4.78 is 11.7. The van der Waals surface area contributed by atoms with E-state index in [2.05, 4.69) is 5.10 Å². The van der Waals surface area contributed by atoms with Crippen LogP contribution in [0.3, 0.4) is 0 Å². The minimum absolute atomic E-state index is 0.287. The molecular formula is C16H20N2O4. The highest BCUT2D eigenvalue weighted by molar-refractivity contribution is 5.64. The van der Waals surface area contributed by atoms with E-state index in [1.165, 1.54) is 4.68 Å². The highest BCUT2D eigenvalue weighted by Gasteiger charge is 2.22. The first-order chi connectivity index (χ1) is 10.3. The van der Waals surface area contributed by atoms with Crippen LogP contribution in [0.15, 0.2) is 29.1 Å². The standard InChI is InChI=1S/C16H20N2O4/c1-16(2,20)11-9-12(17-18(3)15(11)19)10-6-7-13(21-4)14(8-10)22-5/h6-9,20H,1-5H3. The molecule has 0 fully saturated rings. The van der Waals surface area contributed by atoms with Gasteiger partial charge in [0, 0.05) is 12.6 Å². The smallest absolute Gasteiger partial charge is 0.272 e. The second-order valence-electron chi connectivity index (χ2n) is 5.50. The lowest BCUT2D eigenvalue weighted by Crippen LogP contribution is -2.32. The fraction of sp³-hybridized carbons (Fsp3) is 0.375. The average Bonchev–Trinajstić information content (AvgIpc) is 2.47. The normalized spacial score (nSPS) is 11.4. The summed E-state index contributed by atoms with van der Waals surface area (Å²) in [6.45, 7) is 3.14. The van der Waals surface area contributed by atoms with E-state index >= 15 is 0 Å². The predicted octanol–water partition coefficient (Wildman–Crippen LogP) is 1.69. The molecule has 0 aliphatic heterocycles. The van der Waals surface area contributed by atoms with Crippen LogP contribution in [-0.2, 0) is 12.6 Å². The summed E-state index contributed by atoms with van der Waals surface area (Å²) in [5.41, 5.74) is 0.0498. The molecule has 0 saturated heterocycles. The molecule has 0 radical (unpaired) electrons. The molecule has 1 aromatic heterocycles. The number of hydrogen-bond donors (Lipinski definition) is 1. The largest absolute Gasteiger partial charge is 0.493 e. The number of rotatable bonds is 4. The van der Waals surface area contributed by atoms with Crippen molar-refractivity contribution in [2.45, 2.75) is 19.4 Å². The van der Waals surface area contributed by atoms with Crippen LogP contribution in [0.25, 0.3) is 11.3 Å². The highest BCUT2D eigenvalue weighted by Crippen LogP contribution is 2.32. The van der Waals surface area contributed by atoms with Gasteiger partial charge >= 0.3 is 0 Å². The molecule has 6 nitrogen and oxygen atoms in total. The Kier molecular flexibility index (Phi) is 4.23.